The lowest BCUT2D eigenvalue weighted by Gasteiger charge is -2.09. The number of carbonyl (C=O) groups is 1. The third-order valence-electron chi connectivity index (χ3n) is 4.06. The van der Waals surface area contributed by atoms with E-state index in [1.807, 2.05) is 18.4 Å². The summed E-state index contributed by atoms with van der Waals surface area (Å²) >= 11 is 2.83. The maximum absolute atomic E-state index is 12.8. The topological polar surface area (TPSA) is 65.2 Å². The van der Waals surface area contributed by atoms with E-state index in [2.05, 4.69) is 10.5 Å². The number of hydrogen-bond donors (Lipinski definition) is 1. The highest BCUT2D eigenvalue weighted by atomic mass is 32.2. The lowest BCUT2D eigenvalue weighted by Crippen LogP contribution is -2.15. The van der Waals surface area contributed by atoms with Crippen LogP contribution in [-0.2, 0) is 12.6 Å². The molecule has 1 aromatic heterocycles. The third-order valence-corrected chi connectivity index (χ3v) is 6.44. The number of rotatable bonds is 5. The van der Waals surface area contributed by atoms with Crippen LogP contribution in [0.4, 0.5) is 18.9 Å². The number of thiophene rings is 1. The van der Waals surface area contributed by atoms with Gasteiger partial charge in [-0.1, -0.05) is 18.2 Å². The molecule has 144 valence electrons. The molecular weight excluding hydrogens is 407 g/mol. The van der Waals surface area contributed by atoms with Crippen molar-refractivity contribution in [2.45, 2.75) is 23.2 Å². The normalized spacial score (nSPS) is 13.8. The highest BCUT2D eigenvalue weighted by Crippen LogP contribution is 2.39. The molecule has 0 spiro atoms. The molecule has 2 aromatic rings. The largest absolute Gasteiger partial charge is 0.416 e. The highest BCUT2D eigenvalue weighted by molar-refractivity contribution is 8.00. The smallest absolute Gasteiger partial charge is 0.285 e. The van der Waals surface area contributed by atoms with Gasteiger partial charge < -0.3 is 0 Å². The molecule has 9 heteroatoms. The highest BCUT2D eigenvalue weighted by Gasteiger charge is 2.30. The van der Waals surface area contributed by atoms with E-state index in [9.17, 15) is 23.2 Å². The summed E-state index contributed by atoms with van der Waals surface area (Å²) in [7, 11) is 0. The van der Waals surface area contributed by atoms with Crippen molar-refractivity contribution >= 4 is 46.4 Å². The predicted molar refractivity (Wildman–Crippen MR) is 106 cm³/mol. The van der Waals surface area contributed by atoms with Gasteiger partial charge in [-0.2, -0.15) is 23.5 Å². The van der Waals surface area contributed by atoms with Gasteiger partial charge in [0.1, 0.15) is 6.07 Å². The Kier molecular flexibility index (Phi) is 5.91. The molecule has 1 aliphatic carbocycles. The zero-order valence-electron chi connectivity index (χ0n) is 14.6. The van der Waals surface area contributed by atoms with Crippen LogP contribution < -0.4 is 5.43 Å². The molecule has 0 radical (unpaired) electrons. The first-order valence-electron chi connectivity index (χ1n) is 8.17. The van der Waals surface area contributed by atoms with Crippen molar-refractivity contribution in [3.8, 4) is 6.07 Å². The van der Waals surface area contributed by atoms with E-state index in [1.54, 1.807) is 6.07 Å². The number of allylic oxidation sites excluding steroid dienone is 1. The number of nitrogens with zero attached hydrogens (tertiary/aromatic N) is 2. The minimum Gasteiger partial charge on any atom is -0.285 e. The molecule has 1 aliphatic rings. The number of carbonyl (C=O) groups excluding carboxylic acids is 1. The molecule has 0 unspecified atom stereocenters. The van der Waals surface area contributed by atoms with E-state index >= 15 is 0 Å². The predicted octanol–water partition coefficient (Wildman–Crippen LogP) is 5.62. The van der Waals surface area contributed by atoms with E-state index < -0.39 is 23.2 Å². The summed E-state index contributed by atoms with van der Waals surface area (Å²) in [6.45, 7) is 0. The van der Waals surface area contributed by atoms with Crippen LogP contribution in [0.15, 0.2) is 39.7 Å². The second kappa shape index (κ2) is 8.20. The number of nitriles is 1. The Bertz CT molecular complexity index is 1020. The Morgan fingerprint density at radius 1 is 1.39 bits per heavy atom. The molecule has 28 heavy (non-hydrogen) atoms. The van der Waals surface area contributed by atoms with Crippen LogP contribution in [0.3, 0.4) is 0 Å². The first kappa shape index (κ1) is 20.2. The summed E-state index contributed by atoms with van der Waals surface area (Å²) in [5.74, 6) is -0.529. The van der Waals surface area contributed by atoms with E-state index in [0.717, 1.165) is 33.9 Å². The molecule has 0 aliphatic heterocycles. The molecule has 4 nitrogen and oxygen atoms in total. The van der Waals surface area contributed by atoms with Crippen LogP contribution in [0.25, 0.3) is 6.08 Å². The molecule has 0 bridgehead atoms. The number of anilines is 1. The number of halogens is 3. The molecule has 0 atom stereocenters. The summed E-state index contributed by atoms with van der Waals surface area (Å²) in [6, 6.07) is 6.15. The van der Waals surface area contributed by atoms with Gasteiger partial charge in [0.2, 0.25) is 11.5 Å². The molecular formula is C19H14F3N3OS2. The second-order valence-corrected chi connectivity index (χ2v) is 7.94. The maximum atomic E-state index is 12.8. The van der Waals surface area contributed by atoms with E-state index in [4.69, 9.17) is 0 Å². The Morgan fingerprint density at radius 3 is 2.86 bits per heavy atom. The summed E-state index contributed by atoms with van der Waals surface area (Å²) in [6.07, 6.45) is 2.94. The lowest BCUT2D eigenvalue weighted by molar-refractivity contribution is -0.137. The molecule has 1 heterocycles. The van der Waals surface area contributed by atoms with Crippen LogP contribution in [0.2, 0.25) is 0 Å². The zero-order valence-corrected chi connectivity index (χ0v) is 16.3. The van der Waals surface area contributed by atoms with Crippen molar-refractivity contribution in [2.75, 3.05) is 11.7 Å². The van der Waals surface area contributed by atoms with Crippen molar-refractivity contribution in [3.05, 3.63) is 51.9 Å². The maximum Gasteiger partial charge on any atom is 0.416 e. The number of ketones is 1. The minimum atomic E-state index is -4.49. The fourth-order valence-electron chi connectivity index (χ4n) is 2.76. The molecule has 0 amide bonds. The average molecular weight is 421 g/mol. The summed E-state index contributed by atoms with van der Waals surface area (Å²) < 4.78 is 39.4. The molecule has 1 N–H and O–H groups in total. The quantitative estimate of drug-likeness (QED) is 0.294. The molecule has 3 rings (SSSR count). The van der Waals surface area contributed by atoms with Gasteiger partial charge in [-0.15, -0.1) is 23.1 Å². The number of hydrogen-bond acceptors (Lipinski definition) is 6. The number of thioether (sulfide) groups is 1. The fourth-order valence-corrected chi connectivity index (χ4v) is 4.76. The minimum absolute atomic E-state index is 0.0383. The first-order chi connectivity index (χ1) is 13.3. The van der Waals surface area contributed by atoms with Gasteiger partial charge in [-0.25, -0.2) is 0 Å². The Hall–Kier alpha value is -2.57. The van der Waals surface area contributed by atoms with Crippen LogP contribution in [0, 0.1) is 11.3 Å². The number of benzene rings is 1. The van der Waals surface area contributed by atoms with Gasteiger partial charge in [-0.3, -0.25) is 10.2 Å². The van der Waals surface area contributed by atoms with Crippen molar-refractivity contribution in [2.24, 2.45) is 5.10 Å². The van der Waals surface area contributed by atoms with Crippen molar-refractivity contribution in [1.82, 2.24) is 0 Å². The molecule has 0 saturated carbocycles. The SMILES string of the molecule is CSc1sc(C(=O)/C(C#N)=N\Nc2cccc(C(F)(F)F)c2)c2c1C=CCC2. The van der Waals surface area contributed by atoms with Crippen molar-refractivity contribution in [1.29, 1.82) is 5.26 Å². The van der Waals surface area contributed by atoms with Gasteiger partial charge in [0, 0.05) is 5.56 Å². The van der Waals surface area contributed by atoms with Crippen LogP contribution in [0.5, 0.6) is 0 Å². The van der Waals surface area contributed by atoms with Crippen LogP contribution >= 0.6 is 23.1 Å². The number of hydrazone groups is 1. The van der Waals surface area contributed by atoms with Crippen molar-refractivity contribution in [3.63, 3.8) is 0 Å². The van der Waals surface area contributed by atoms with E-state index in [-0.39, 0.29) is 5.69 Å². The van der Waals surface area contributed by atoms with Crippen molar-refractivity contribution < 1.29 is 18.0 Å². The monoisotopic (exact) mass is 421 g/mol. The Morgan fingerprint density at radius 2 is 2.18 bits per heavy atom. The molecule has 1 aromatic carbocycles. The van der Waals surface area contributed by atoms with E-state index in [1.165, 1.54) is 35.2 Å². The third kappa shape index (κ3) is 4.13. The summed E-state index contributed by atoms with van der Waals surface area (Å²) in [5, 5.41) is 13.1. The van der Waals surface area contributed by atoms with Gasteiger partial charge in [0.15, 0.2) is 0 Å². The van der Waals surface area contributed by atoms with Gasteiger partial charge in [-0.05, 0) is 42.9 Å². The molecule has 0 fully saturated rings. The van der Waals surface area contributed by atoms with E-state index in [0.29, 0.717) is 11.3 Å². The first-order valence-corrected chi connectivity index (χ1v) is 10.2. The second-order valence-electron chi connectivity index (χ2n) is 5.85. The summed E-state index contributed by atoms with van der Waals surface area (Å²) in [4.78, 5) is 13.3. The average Bonchev–Trinajstić information content (AvgIpc) is 3.07. The van der Waals surface area contributed by atoms with Gasteiger partial charge >= 0.3 is 6.18 Å². The summed E-state index contributed by atoms with van der Waals surface area (Å²) in [5.41, 5.74) is 3.07. The number of Topliss-reactive ketones (excluding diaryl/α,β-unsaturated/α-hetero) is 1. The number of alkyl halides is 3. The lowest BCUT2D eigenvalue weighted by atomic mass is 9.98. The standard InChI is InChI=1S/C19H14F3N3OS2/c1-27-18-14-8-3-2-7-13(14)17(28-18)16(26)15(10-23)25-24-12-6-4-5-11(9-12)19(20,21)22/h3-6,8-9,24H,2,7H2,1H3/b25-15-. The number of fused-ring (bicyclic) bond motifs is 1. The van der Waals surface area contributed by atoms with Gasteiger partial charge in [0.05, 0.1) is 20.3 Å². The molecule has 0 saturated heterocycles. The number of nitrogens with one attached hydrogen (secondary N) is 1. The zero-order chi connectivity index (χ0) is 20.3. The Labute approximate surface area is 167 Å². The van der Waals surface area contributed by atoms with Crippen LogP contribution in [-0.4, -0.2) is 17.8 Å². The van der Waals surface area contributed by atoms with Gasteiger partial charge in [0.25, 0.3) is 0 Å². The fraction of sp³-hybridized carbons (Fsp3) is 0.211. The van der Waals surface area contributed by atoms with Crippen LogP contribution in [0.1, 0.15) is 32.8 Å². The Balaban J connectivity index is 1.89.